The van der Waals surface area contributed by atoms with Crippen LogP contribution in [0.3, 0.4) is 0 Å². The van der Waals surface area contributed by atoms with E-state index in [1.165, 1.54) is 0 Å². The van der Waals surface area contributed by atoms with E-state index in [2.05, 4.69) is 74.9 Å². The Morgan fingerprint density at radius 1 is 0.804 bits per heavy atom. The minimum absolute atomic E-state index is 0.284. The van der Waals surface area contributed by atoms with Crippen LogP contribution in [0, 0.1) is 0 Å². The van der Waals surface area contributed by atoms with Crippen molar-refractivity contribution in [2.24, 2.45) is 4.99 Å². The molecule has 10 nitrogen and oxygen atoms in total. The van der Waals surface area contributed by atoms with Gasteiger partial charge in [-0.15, -0.1) is 0 Å². The molecule has 4 atom stereocenters. The average molecular weight is 995 g/mol. The Bertz CT molecular complexity index is 1210. The van der Waals surface area contributed by atoms with Crippen molar-refractivity contribution in [3.63, 3.8) is 0 Å². The zero-order valence-corrected chi connectivity index (χ0v) is 44.2. The van der Waals surface area contributed by atoms with Gasteiger partial charge in [-0.25, -0.2) is 0 Å². The molecule has 5 aliphatic rings. The minimum Gasteiger partial charge on any atom is -0.348 e. The molecule has 0 aromatic heterocycles. The van der Waals surface area contributed by atoms with Gasteiger partial charge < -0.3 is 19.6 Å². The monoisotopic (exact) mass is 992 g/mol. The van der Waals surface area contributed by atoms with Crippen LogP contribution < -0.4 is 10.6 Å². The van der Waals surface area contributed by atoms with E-state index in [1.807, 2.05) is 64.5 Å². The van der Waals surface area contributed by atoms with E-state index in [9.17, 15) is 0 Å². The largest absolute Gasteiger partial charge is 0.348 e. The molecule has 0 amide bonds. The normalized spacial score (nSPS) is 24.6. The summed E-state index contributed by atoms with van der Waals surface area (Å²) in [6.07, 6.45) is 0.568. The number of hydrogen-bond donors (Lipinski definition) is 2. The number of hydrogen-bond acceptors (Lipinski definition) is 17. The molecule has 51 heavy (non-hydrogen) atoms. The maximum atomic E-state index is 5.50. The van der Waals surface area contributed by atoms with Crippen molar-refractivity contribution in [1.29, 1.82) is 0 Å². The fourth-order valence-electron chi connectivity index (χ4n) is 4.38. The molecule has 0 aromatic rings. The molecule has 0 bridgehead atoms. The van der Waals surface area contributed by atoms with Crippen LogP contribution in [-0.4, -0.2) is 169 Å². The summed E-state index contributed by atoms with van der Waals surface area (Å²) in [6, 6.07) is 0. The molecule has 0 aromatic carbocycles. The van der Waals surface area contributed by atoms with Gasteiger partial charge in [-0.1, -0.05) is 84.2 Å². The van der Waals surface area contributed by atoms with Crippen LogP contribution in [-0.2, 0) is 14.7 Å². The van der Waals surface area contributed by atoms with E-state index in [4.69, 9.17) is 73.3 Å². The van der Waals surface area contributed by atoms with E-state index >= 15 is 0 Å². The molecule has 0 saturated carbocycles. The number of thioether (sulfide) groups is 3. The number of aliphatic imine (C=N–C) groups is 1. The zero-order valence-electron chi connectivity index (χ0n) is 30.6. The van der Waals surface area contributed by atoms with Gasteiger partial charge in [-0.05, 0) is 56.3 Å². The number of fused-ring (bicyclic) bond motifs is 1. The standard InChI is InChI=1S/C12H22N4S4.C5H10N2S2.C4H4N2S3.2C3H7NS2.Zn/c1-7-13-9(3)19-11(17)15(7)5-6-16-8(2)14-10(4)20-12(16)18;1-6-3-7(2)5(8)9-4-6;7-4-6-2-1-5-3(6)8-9-4;2*1-4(2)3(5)6;/h7-10,13-14H,5-6H2,1-4H3;3-4H2,1-2H3;1-2H2;2*1-2H3,(H,5,6);/q;;;;;+2/p-2. The Hall–Kier alpha value is 1.96. The molecule has 0 aliphatic carbocycles. The third-order valence-electron chi connectivity index (χ3n) is 6.97. The van der Waals surface area contributed by atoms with E-state index in [0.717, 1.165) is 69.8 Å². The summed E-state index contributed by atoms with van der Waals surface area (Å²) in [5, 5.41) is 8.90. The van der Waals surface area contributed by atoms with Crippen molar-refractivity contribution in [1.82, 2.24) is 44.9 Å². The zero-order chi connectivity index (χ0) is 38.4. The van der Waals surface area contributed by atoms with Gasteiger partial charge in [0, 0.05) is 26.7 Å². The van der Waals surface area contributed by atoms with Crippen molar-refractivity contribution in [3.05, 3.63) is 0 Å². The number of rotatable bonds is 5. The maximum Gasteiger partial charge on any atom is 0.176 e. The molecule has 24 heteroatoms. The molecule has 0 radical (unpaired) electrons. The Morgan fingerprint density at radius 2 is 1.29 bits per heavy atom. The van der Waals surface area contributed by atoms with Gasteiger partial charge >= 0.3 is 105 Å². The molecule has 4 fully saturated rings. The first-order valence-electron chi connectivity index (χ1n) is 15.8. The maximum absolute atomic E-state index is 5.50. The number of amidine groups is 1. The Morgan fingerprint density at radius 3 is 1.69 bits per heavy atom. The van der Waals surface area contributed by atoms with Crippen LogP contribution in [0.2, 0.25) is 0 Å². The molecule has 5 rings (SSSR count). The summed E-state index contributed by atoms with van der Waals surface area (Å²) < 4.78 is 5.90. The Labute approximate surface area is 372 Å². The van der Waals surface area contributed by atoms with Crippen molar-refractivity contribution in [2.75, 3.05) is 81.0 Å². The van der Waals surface area contributed by atoms with Crippen LogP contribution >= 0.6 is 150 Å². The van der Waals surface area contributed by atoms with Gasteiger partial charge in [0.1, 0.15) is 13.0 Å². The molecule has 5 heterocycles. The van der Waals surface area contributed by atoms with E-state index in [1.54, 1.807) is 56.9 Å². The molecule has 2 N–H and O–H groups in total. The first kappa shape index (κ1) is 49.1. The topological polar surface area (TPSA) is 59.1 Å². The molecule has 0 spiro atoms. The smallest absolute Gasteiger partial charge is 0.176 e. The van der Waals surface area contributed by atoms with Crippen LogP contribution in [0.25, 0.3) is 0 Å². The van der Waals surface area contributed by atoms with Crippen LogP contribution in [0.5, 0.6) is 0 Å². The SMILES string of the molecule is CC1NC(C)N(CCN2C(=S)SC(C)NC2C)C(=S)S1.CN(C)C(=S)[S][Zn][S]C(=S)N(C)C.CN1CSC(=S)N(C)C1.S=C1SSC2=NCCN12. The Balaban J connectivity index is 0.000000251. The molecule has 5 aliphatic heterocycles. The van der Waals surface area contributed by atoms with Crippen LogP contribution in [0.15, 0.2) is 4.99 Å². The van der Waals surface area contributed by atoms with Crippen LogP contribution in [0.1, 0.15) is 27.7 Å². The second kappa shape index (κ2) is 25.4. The van der Waals surface area contributed by atoms with Gasteiger partial charge in [0.25, 0.3) is 0 Å². The summed E-state index contributed by atoms with van der Waals surface area (Å²) in [5.41, 5.74) is 0. The third kappa shape index (κ3) is 18.0. The van der Waals surface area contributed by atoms with E-state index in [-0.39, 0.29) is 12.3 Å². The first-order chi connectivity index (χ1) is 23.9. The average Bonchev–Trinajstić information content (AvgIpc) is 3.65. The van der Waals surface area contributed by atoms with Gasteiger partial charge in [-0.3, -0.25) is 20.5 Å². The van der Waals surface area contributed by atoms with E-state index < -0.39 is 14.7 Å². The molecule has 4 saturated heterocycles. The summed E-state index contributed by atoms with van der Waals surface area (Å²) in [5.74, 6) is 1.03. The fourth-order valence-corrected chi connectivity index (χ4v) is 25.3. The van der Waals surface area contributed by atoms with Crippen molar-refractivity contribution in [3.8, 4) is 0 Å². The predicted octanol–water partition coefficient (Wildman–Crippen LogP) is 6.41. The fraction of sp³-hybridized carbons (Fsp3) is 0.741. The number of nitrogens with one attached hydrogen (secondary N) is 2. The first-order valence-corrected chi connectivity index (χ1v) is 32.4. The predicted molar refractivity (Wildman–Crippen MR) is 258 cm³/mol. The van der Waals surface area contributed by atoms with E-state index in [0.29, 0.717) is 10.7 Å². The second-order valence-electron chi connectivity index (χ2n) is 11.8. The number of thiocarbonyl (C=S) groups is 6. The summed E-state index contributed by atoms with van der Waals surface area (Å²) in [7, 11) is 19.0. The van der Waals surface area contributed by atoms with Crippen molar-refractivity contribution >= 4 is 181 Å². The van der Waals surface area contributed by atoms with Crippen molar-refractivity contribution in [2.45, 2.75) is 50.8 Å². The molecular formula is C27H48N10S13Zn. The minimum atomic E-state index is -0.716. The quantitative estimate of drug-likeness (QED) is 0.181. The second-order valence-corrected chi connectivity index (χ2v) is 31.8. The molecule has 4 unspecified atom stereocenters. The summed E-state index contributed by atoms with van der Waals surface area (Å²) in [6.45, 7) is 13.3. The summed E-state index contributed by atoms with van der Waals surface area (Å²) in [4.78, 5) is 19.1. The third-order valence-corrected chi connectivity index (χ3v) is 28.7. The Kier molecular flexibility index (Phi) is 24.4. The van der Waals surface area contributed by atoms with Crippen molar-refractivity contribution < 1.29 is 14.7 Å². The van der Waals surface area contributed by atoms with Gasteiger partial charge in [0.2, 0.25) is 0 Å². The van der Waals surface area contributed by atoms with Gasteiger partial charge in [0.15, 0.2) is 9.49 Å². The number of nitrogens with zero attached hydrogens (tertiary/aromatic N) is 8. The van der Waals surface area contributed by atoms with Crippen LogP contribution in [0.4, 0.5) is 0 Å². The summed E-state index contributed by atoms with van der Waals surface area (Å²) >= 11 is 35.8. The molecule has 286 valence electrons. The molecular weight excluding hydrogens is 947 g/mol. The van der Waals surface area contributed by atoms with Gasteiger partial charge in [0.05, 0.1) is 42.2 Å². The van der Waals surface area contributed by atoms with Gasteiger partial charge in [-0.2, -0.15) is 0 Å².